The zero-order chi connectivity index (χ0) is 9.26. The normalized spacial score (nSPS) is 22.2. The Morgan fingerprint density at radius 2 is 2.23 bits per heavy atom. The van der Waals surface area contributed by atoms with Crippen LogP contribution >= 0.6 is 0 Å². The fourth-order valence-electron chi connectivity index (χ4n) is 1.61. The van der Waals surface area contributed by atoms with Crippen molar-refractivity contribution in [3.63, 3.8) is 0 Å². The van der Waals surface area contributed by atoms with E-state index >= 15 is 0 Å². The van der Waals surface area contributed by atoms with Gasteiger partial charge in [0, 0.05) is 11.4 Å². The van der Waals surface area contributed by atoms with Crippen LogP contribution in [0.1, 0.15) is 29.5 Å². The van der Waals surface area contributed by atoms with E-state index in [4.69, 9.17) is 4.74 Å². The maximum atomic E-state index is 5.61. The van der Waals surface area contributed by atoms with Crippen molar-refractivity contribution in [2.75, 3.05) is 6.61 Å². The van der Waals surface area contributed by atoms with Gasteiger partial charge >= 0.3 is 0 Å². The third-order valence-corrected chi connectivity index (χ3v) is 2.55. The first kappa shape index (κ1) is 8.57. The highest BCUT2D eigenvalue weighted by Gasteiger charge is 2.14. The lowest BCUT2D eigenvalue weighted by Crippen LogP contribution is -2.07. The van der Waals surface area contributed by atoms with Crippen molar-refractivity contribution in [1.82, 2.24) is 4.98 Å². The van der Waals surface area contributed by atoms with Gasteiger partial charge in [-0.15, -0.1) is 0 Å². The summed E-state index contributed by atoms with van der Waals surface area (Å²) in [7, 11) is 0. The summed E-state index contributed by atoms with van der Waals surface area (Å²) in [6, 6.07) is 2.18. The molecule has 2 nitrogen and oxygen atoms in total. The summed E-state index contributed by atoms with van der Waals surface area (Å²) in [5.74, 6) is 0. The number of aromatic nitrogens is 1. The molecule has 1 aromatic heterocycles. The van der Waals surface area contributed by atoms with Crippen LogP contribution in [0.25, 0.3) is 0 Å². The molecule has 1 aromatic rings. The first-order chi connectivity index (χ1) is 6.27. The molecule has 2 rings (SSSR count). The second kappa shape index (κ2) is 3.38. The Balaban J connectivity index is 2.20. The van der Waals surface area contributed by atoms with Crippen LogP contribution in [0.4, 0.5) is 0 Å². The Bertz CT molecular complexity index is 305. The molecule has 0 aromatic carbocycles. The molecule has 13 heavy (non-hydrogen) atoms. The van der Waals surface area contributed by atoms with Crippen LogP contribution in [0.3, 0.4) is 0 Å². The van der Waals surface area contributed by atoms with Crippen molar-refractivity contribution < 1.29 is 4.74 Å². The van der Waals surface area contributed by atoms with E-state index in [1.165, 1.54) is 17.0 Å². The van der Waals surface area contributed by atoms with Gasteiger partial charge in [0.25, 0.3) is 0 Å². The molecule has 0 saturated carbocycles. The lowest BCUT2D eigenvalue weighted by molar-refractivity contribution is 0.0649. The fraction of sp³-hybridized carbons (Fsp3) is 0.455. The molecule has 1 atom stereocenters. The maximum absolute atomic E-state index is 5.61. The number of nitrogens with one attached hydrogen (secondary N) is 1. The quantitative estimate of drug-likeness (QED) is 0.655. The average Bonchev–Trinajstić information content (AvgIpc) is 2.49. The third-order valence-electron chi connectivity index (χ3n) is 2.55. The summed E-state index contributed by atoms with van der Waals surface area (Å²) < 4.78 is 5.61. The monoisotopic (exact) mass is 177 g/mol. The molecule has 70 valence electrons. The predicted molar refractivity (Wildman–Crippen MR) is 52.7 cm³/mol. The minimum Gasteiger partial charge on any atom is -0.368 e. The minimum absolute atomic E-state index is 0.234. The second-order valence-electron chi connectivity index (χ2n) is 3.56. The van der Waals surface area contributed by atoms with E-state index < -0.39 is 0 Å². The summed E-state index contributed by atoms with van der Waals surface area (Å²) in [6.45, 7) is 4.95. The van der Waals surface area contributed by atoms with Gasteiger partial charge in [-0.2, -0.15) is 0 Å². The first-order valence-corrected chi connectivity index (χ1v) is 4.70. The van der Waals surface area contributed by atoms with Gasteiger partial charge in [0.2, 0.25) is 0 Å². The molecule has 1 unspecified atom stereocenters. The number of rotatable bonds is 1. The van der Waals surface area contributed by atoms with Crippen LogP contribution in [0.5, 0.6) is 0 Å². The van der Waals surface area contributed by atoms with Crippen molar-refractivity contribution in [1.29, 1.82) is 0 Å². The minimum atomic E-state index is 0.234. The van der Waals surface area contributed by atoms with Gasteiger partial charge in [-0.1, -0.05) is 12.2 Å². The van der Waals surface area contributed by atoms with Gasteiger partial charge in [0.15, 0.2) is 0 Å². The van der Waals surface area contributed by atoms with Crippen LogP contribution in [0.2, 0.25) is 0 Å². The summed E-state index contributed by atoms with van der Waals surface area (Å²) >= 11 is 0. The number of hydrogen-bond acceptors (Lipinski definition) is 1. The molecule has 2 heteroatoms. The molecule has 0 aliphatic carbocycles. The summed E-state index contributed by atoms with van der Waals surface area (Å²) in [4.78, 5) is 3.36. The third kappa shape index (κ3) is 1.68. The number of hydrogen-bond donors (Lipinski definition) is 1. The highest BCUT2D eigenvalue weighted by Crippen LogP contribution is 2.25. The van der Waals surface area contributed by atoms with Gasteiger partial charge in [-0.25, -0.2) is 0 Å². The molecular formula is C11H15NO. The number of aryl methyl sites for hydroxylation is 2. The van der Waals surface area contributed by atoms with Crippen LogP contribution in [0, 0.1) is 13.8 Å². The SMILES string of the molecule is Cc1cc(C2CC=CCO2)[nH]c1C. The Hall–Kier alpha value is -1.02. The van der Waals surface area contributed by atoms with Gasteiger partial charge < -0.3 is 9.72 Å². The molecule has 0 amide bonds. The van der Waals surface area contributed by atoms with E-state index in [9.17, 15) is 0 Å². The van der Waals surface area contributed by atoms with Crippen LogP contribution in [0.15, 0.2) is 18.2 Å². The average molecular weight is 177 g/mol. The van der Waals surface area contributed by atoms with E-state index in [-0.39, 0.29) is 6.10 Å². The number of ether oxygens (including phenoxy) is 1. The van der Waals surface area contributed by atoms with Crippen LogP contribution in [-0.4, -0.2) is 11.6 Å². The van der Waals surface area contributed by atoms with Crippen LogP contribution < -0.4 is 0 Å². The zero-order valence-corrected chi connectivity index (χ0v) is 8.13. The Labute approximate surface area is 78.6 Å². The van der Waals surface area contributed by atoms with E-state index in [0.717, 1.165) is 13.0 Å². The van der Waals surface area contributed by atoms with Crippen molar-refractivity contribution in [3.8, 4) is 0 Å². The van der Waals surface area contributed by atoms with Crippen molar-refractivity contribution in [3.05, 3.63) is 35.2 Å². The Morgan fingerprint density at radius 1 is 1.38 bits per heavy atom. The lowest BCUT2D eigenvalue weighted by Gasteiger charge is -2.17. The van der Waals surface area contributed by atoms with E-state index in [1.807, 2.05) is 0 Å². The summed E-state index contributed by atoms with van der Waals surface area (Å²) in [6.07, 6.45) is 5.47. The Kier molecular flexibility index (Phi) is 2.23. The highest BCUT2D eigenvalue weighted by atomic mass is 16.5. The van der Waals surface area contributed by atoms with Crippen molar-refractivity contribution >= 4 is 0 Å². The number of H-pyrrole nitrogens is 1. The number of aromatic amines is 1. The van der Waals surface area contributed by atoms with E-state index in [2.05, 4.69) is 37.0 Å². The Morgan fingerprint density at radius 3 is 2.77 bits per heavy atom. The maximum Gasteiger partial charge on any atom is 0.101 e. The second-order valence-corrected chi connectivity index (χ2v) is 3.56. The molecule has 0 fully saturated rings. The molecule has 1 aliphatic rings. The smallest absolute Gasteiger partial charge is 0.101 e. The van der Waals surface area contributed by atoms with E-state index in [1.54, 1.807) is 0 Å². The molecule has 1 N–H and O–H groups in total. The molecule has 0 saturated heterocycles. The molecule has 0 spiro atoms. The summed E-state index contributed by atoms with van der Waals surface area (Å²) in [5.41, 5.74) is 3.76. The molecule has 2 heterocycles. The topological polar surface area (TPSA) is 25.0 Å². The van der Waals surface area contributed by atoms with Gasteiger partial charge in [0.05, 0.1) is 6.61 Å². The molecular weight excluding hydrogens is 162 g/mol. The first-order valence-electron chi connectivity index (χ1n) is 4.70. The van der Waals surface area contributed by atoms with Gasteiger partial charge in [-0.3, -0.25) is 0 Å². The lowest BCUT2D eigenvalue weighted by atomic mass is 10.1. The highest BCUT2D eigenvalue weighted by molar-refractivity contribution is 5.25. The van der Waals surface area contributed by atoms with Crippen molar-refractivity contribution in [2.24, 2.45) is 0 Å². The predicted octanol–water partition coefficient (Wildman–Crippen LogP) is 2.65. The zero-order valence-electron chi connectivity index (χ0n) is 8.13. The summed E-state index contributed by atoms with van der Waals surface area (Å²) in [5, 5.41) is 0. The van der Waals surface area contributed by atoms with Crippen LogP contribution in [-0.2, 0) is 4.74 Å². The van der Waals surface area contributed by atoms with E-state index in [0.29, 0.717) is 0 Å². The van der Waals surface area contributed by atoms with Gasteiger partial charge in [0.1, 0.15) is 6.10 Å². The van der Waals surface area contributed by atoms with Crippen molar-refractivity contribution in [2.45, 2.75) is 26.4 Å². The standard InChI is InChI=1S/C11H15NO/c1-8-7-10(12-9(8)2)11-5-3-4-6-13-11/h3-4,7,11-12H,5-6H2,1-2H3. The largest absolute Gasteiger partial charge is 0.368 e. The fourth-order valence-corrected chi connectivity index (χ4v) is 1.61. The molecule has 0 radical (unpaired) electrons. The van der Waals surface area contributed by atoms with Gasteiger partial charge in [-0.05, 0) is 31.9 Å². The molecule has 1 aliphatic heterocycles. The molecule has 0 bridgehead atoms.